The molecule has 0 aromatic heterocycles. The highest BCUT2D eigenvalue weighted by molar-refractivity contribution is 6.31. The maximum atomic E-state index is 9.93. The summed E-state index contributed by atoms with van der Waals surface area (Å²) in [6, 6.07) is 7.73. The van der Waals surface area contributed by atoms with Gasteiger partial charge in [0.15, 0.2) is 0 Å². The third kappa shape index (κ3) is 1.87. The van der Waals surface area contributed by atoms with E-state index in [2.05, 4.69) is 0 Å². The van der Waals surface area contributed by atoms with Gasteiger partial charge in [0.05, 0.1) is 5.60 Å². The second kappa shape index (κ2) is 3.32. The van der Waals surface area contributed by atoms with Gasteiger partial charge in [-0.2, -0.15) is 0 Å². The zero-order valence-corrected chi connectivity index (χ0v) is 8.22. The van der Waals surface area contributed by atoms with E-state index in [0.29, 0.717) is 6.42 Å². The molecule has 1 aromatic carbocycles. The van der Waals surface area contributed by atoms with Crippen LogP contribution in [0.4, 0.5) is 0 Å². The lowest BCUT2D eigenvalue weighted by Crippen LogP contribution is -2.38. The number of halogens is 1. The van der Waals surface area contributed by atoms with E-state index in [1.165, 1.54) is 0 Å². The van der Waals surface area contributed by atoms with Crippen molar-refractivity contribution in [3.05, 3.63) is 34.9 Å². The van der Waals surface area contributed by atoms with Gasteiger partial charge in [0.25, 0.3) is 0 Å². The summed E-state index contributed by atoms with van der Waals surface area (Å²) in [7, 11) is 0. The van der Waals surface area contributed by atoms with Crippen LogP contribution in [-0.4, -0.2) is 10.7 Å². The molecule has 0 heterocycles. The lowest BCUT2D eigenvalue weighted by molar-refractivity contribution is -0.0322. The molecule has 0 aliphatic heterocycles. The van der Waals surface area contributed by atoms with Crippen molar-refractivity contribution in [1.82, 2.24) is 0 Å². The summed E-state index contributed by atoms with van der Waals surface area (Å²) in [5, 5.41) is 10.7. The first-order valence-corrected chi connectivity index (χ1v) is 5.03. The van der Waals surface area contributed by atoms with Gasteiger partial charge in [0.2, 0.25) is 0 Å². The minimum absolute atomic E-state index is 0.467. The van der Waals surface area contributed by atoms with E-state index < -0.39 is 5.60 Å². The molecule has 1 nitrogen and oxygen atoms in total. The normalized spacial score (nSPS) is 19.5. The molecular formula is C11H13ClO. The van der Waals surface area contributed by atoms with Crippen molar-refractivity contribution >= 4 is 11.6 Å². The van der Waals surface area contributed by atoms with Crippen molar-refractivity contribution in [2.24, 2.45) is 0 Å². The van der Waals surface area contributed by atoms with Gasteiger partial charge in [-0.3, -0.25) is 0 Å². The van der Waals surface area contributed by atoms with Crippen molar-refractivity contribution in [3.8, 4) is 0 Å². The van der Waals surface area contributed by atoms with Crippen LogP contribution in [0.1, 0.15) is 24.8 Å². The monoisotopic (exact) mass is 196 g/mol. The van der Waals surface area contributed by atoms with Crippen LogP contribution in [-0.2, 0) is 6.42 Å². The molecule has 2 heteroatoms. The van der Waals surface area contributed by atoms with Gasteiger partial charge in [-0.05, 0) is 30.9 Å². The van der Waals surface area contributed by atoms with E-state index in [9.17, 15) is 5.11 Å². The van der Waals surface area contributed by atoms with Crippen LogP contribution in [0.5, 0.6) is 0 Å². The summed E-state index contributed by atoms with van der Waals surface area (Å²) in [4.78, 5) is 0. The molecule has 2 rings (SSSR count). The molecule has 1 aliphatic rings. The molecule has 0 bridgehead atoms. The average molecular weight is 197 g/mol. The van der Waals surface area contributed by atoms with E-state index in [1.807, 2.05) is 24.3 Å². The van der Waals surface area contributed by atoms with E-state index in [1.54, 1.807) is 0 Å². The molecule has 1 N–H and O–H groups in total. The molecule has 0 amide bonds. The summed E-state index contributed by atoms with van der Waals surface area (Å²) in [5.41, 5.74) is 0.594. The van der Waals surface area contributed by atoms with Gasteiger partial charge in [-0.15, -0.1) is 0 Å². The highest BCUT2D eigenvalue weighted by atomic mass is 35.5. The second-order valence-electron chi connectivity index (χ2n) is 3.85. The quantitative estimate of drug-likeness (QED) is 0.772. The molecule has 70 valence electrons. The SMILES string of the molecule is OC1(Cc2ccccc2Cl)CCC1. The Balaban J connectivity index is 2.13. The van der Waals surface area contributed by atoms with E-state index in [4.69, 9.17) is 11.6 Å². The van der Waals surface area contributed by atoms with E-state index >= 15 is 0 Å². The third-order valence-corrected chi connectivity index (χ3v) is 3.13. The zero-order chi connectivity index (χ0) is 9.31. The Morgan fingerprint density at radius 1 is 1.31 bits per heavy atom. The molecule has 1 fully saturated rings. The number of benzene rings is 1. The number of hydrogen-bond donors (Lipinski definition) is 1. The average Bonchev–Trinajstić information content (AvgIpc) is 2.06. The van der Waals surface area contributed by atoms with Crippen LogP contribution in [0, 0.1) is 0 Å². The Kier molecular flexibility index (Phi) is 2.31. The van der Waals surface area contributed by atoms with Crippen LogP contribution < -0.4 is 0 Å². The predicted octanol–water partition coefficient (Wildman–Crippen LogP) is 2.80. The standard InChI is InChI=1S/C11H13ClO/c12-10-5-2-1-4-9(10)8-11(13)6-3-7-11/h1-2,4-5,13H,3,6-8H2. The first-order valence-electron chi connectivity index (χ1n) is 4.65. The summed E-state index contributed by atoms with van der Waals surface area (Å²) in [5.74, 6) is 0. The van der Waals surface area contributed by atoms with Gasteiger partial charge in [-0.25, -0.2) is 0 Å². The van der Waals surface area contributed by atoms with Crippen LogP contribution in [0.25, 0.3) is 0 Å². The van der Waals surface area contributed by atoms with Crippen LogP contribution >= 0.6 is 11.6 Å². The molecule has 0 radical (unpaired) electrons. The fourth-order valence-corrected chi connectivity index (χ4v) is 1.96. The lowest BCUT2D eigenvalue weighted by atomic mass is 9.76. The molecule has 1 aliphatic carbocycles. The predicted molar refractivity (Wildman–Crippen MR) is 54.0 cm³/mol. The summed E-state index contributed by atoms with van der Waals surface area (Å²) >= 11 is 6.00. The Morgan fingerprint density at radius 2 is 2.00 bits per heavy atom. The van der Waals surface area contributed by atoms with Gasteiger partial charge >= 0.3 is 0 Å². The van der Waals surface area contributed by atoms with Crippen LogP contribution in [0.15, 0.2) is 24.3 Å². The molecule has 0 saturated heterocycles. The topological polar surface area (TPSA) is 20.2 Å². The first kappa shape index (κ1) is 9.04. The maximum Gasteiger partial charge on any atom is 0.0688 e. The Bertz CT molecular complexity index is 305. The van der Waals surface area contributed by atoms with Gasteiger partial charge in [0, 0.05) is 11.4 Å². The molecule has 0 unspecified atom stereocenters. The fraction of sp³-hybridized carbons (Fsp3) is 0.455. The zero-order valence-electron chi connectivity index (χ0n) is 7.46. The van der Waals surface area contributed by atoms with E-state index in [0.717, 1.165) is 29.8 Å². The van der Waals surface area contributed by atoms with Crippen molar-refractivity contribution in [2.75, 3.05) is 0 Å². The lowest BCUT2D eigenvalue weighted by Gasteiger charge is -2.36. The van der Waals surface area contributed by atoms with Crippen LogP contribution in [0.2, 0.25) is 5.02 Å². The number of rotatable bonds is 2. The molecule has 1 saturated carbocycles. The Labute approximate surface area is 83.3 Å². The number of hydrogen-bond acceptors (Lipinski definition) is 1. The summed E-state index contributed by atoms with van der Waals surface area (Å²) in [6.45, 7) is 0. The van der Waals surface area contributed by atoms with Gasteiger partial charge in [-0.1, -0.05) is 29.8 Å². The van der Waals surface area contributed by atoms with Gasteiger partial charge in [0.1, 0.15) is 0 Å². The summed E-state index contributed by atoms with van der Waals surface area (Å²) < 4.78 is 0. The smallest absolute Gasteiger partial charge is 0.0688 e. The van der Waals surface area contributed by atoms with Crippen molar-refractivity contribution in [1.29, 1.82) is 0 Å². The molecular weight excluding hydrogens is 184 g/mol. The van der Waals surface area contributed by atoms with Crippen molar-refractivity contribution in [3.63, 3.8) is 0 Å². The maximum absolute atomic E-state index is 9.93. The molecule has 1 aromatic rings. The fourth-order valence-electron chi connectivity index (χ4n) is 1.76. The summed E-state index contributed by atoms with van der Waals surface area (Å²) in [6.07, 6.45) is 3.67. The minimum atomic E-state index is -0.467. The molecule has 13 heavy (non-hydrogen) atoms. The Morgan fingerprint density at radius 3 is 2.54 bits per heavy atom. The largest absolute Gasteiger partial charge is 0.390 e. The highest BCUT2D eigenvalue weighted by Gasteiger charge is 2.34. The van der Waals surface area contributed by atoms with E-state index in [-0.39, 0.29) is 0 Å². The second-order valence-corrected chi connectivity index (χ2v) is 4.25. The van der Waals surface area contributed by atoms with Crippen molar-refractivity contribution < 1.29 is 5.11 Å². The first-order chi connectivity index (χ1) is 6.20. The highest BCUT2D eigenvalue weighted by Crippen LogP contribution is 2.35. The third-order valence-electron chi connectivity index (χ3n) is 2.76. The van der Waals surface area contributed by atoms with Crippen LogP contribution in [0.3, 0.4) is 0 Å². The molecule has 0 atom stereocenters. The van der Waals surface area contributed by atoms with Gasteiger partial charge < -0.3 is 5.11 Å². The number of aliphatic hydroxyl groups is 1. The van der Waals surface area contributed by atoms with Crippen molar-refractivity contribution in [2.45, 2.75) is 31.3 Å². The minimum Gasteiger partial charge on any atom is -0.390 e. The Hall–Kier alpha value is -0.530. The molecule has 0 spiro atoms.